The summed E-state index contributed by atoms with van der Waals surface area (Å²) in [5, 5.41) is 8.39. The molecule has 0 aromatic carbocycles. The Bertz CT molecular complexity index is 320. The summed E-state index contributed by atoms with van der Waals surface area (Å²) in [5.41, 5.74) is 0. The fraction of sp³-hybridized carbons (Fsp3) is 0.875. The SMILES string of the molecule is CS(=O)(=O)NC1CCN(CCC#N)C1. The molecule has 1 heterocycles. The van der Waals surface area contributed by atoms with E-state index in [4.69, 9.17) is 5.26 Å². The molecule has 1 saturated heterocycles. The van der Waals surface area contributed by atoms with Crippen LogP contribution < -0.4 is 4.72 Å². The molecule has 1 N–H and O–H groups in total. The van der Waals surface area contributed by atoms with E-state index < -0.39 is 10.0 Å². The number of hydrogen-bond acceptors (Lipinski definition) is 4. The summed E-state index contributed by atoms with van der Waals surface area (Å²) in [7, 11) is -3.09. The number of sulfonamides is 1. The molecule has 0 saturated carbocycles. The Labute approximate surface area is 84.8 Å². The van der Waals surface area contributed by atoms with Crippen molar-refractivity contribution in [1.82, 2.24) is 9.62 Å². The van der Waals surface area contributed by atoms with Gasteiger partial charge in [0.15, 0.2) is 0 Å². The molecule has 1 fully saturated rings. The maximum absolute atomic E-state index is 10.9. The van der Waals surface area contributed by atoms with Gasteiger partial charge in [-0.05, 0) is 13.0 Å². The predicted molar refractivity (Wildman–Crippen MR) is 53.1 cm³/mol. The summed E-state index contributed by atoms with van der Waals surface area (Å²) in [5.74, 6) is 0. The molecular weight excluding hydrogens is 202 g/mol. The highest BCUT2D eigenvalue weighted by molar-refractivity contribution is 7.88. The first-order valence-corrected chi connectivity index (χ1v) is 6.47. The zero-order valence-electron chi connectivity index (χ0n) is 8.23. The predicted octanol–water partition coefficient (Wildman–Crippen LogP) is -0.476. The van der Waals surface area contributed by atoms with E-state index in [9.17, 15) is 8.42 Å². The molecule has 1 aliphatic rings. The summed E-state index contributed by atoms with van der Waals surface area (Å²) < 4.78 is 24.4. The van der Waals surface area contributed by atoms with Gasteiger partial charge in [-0.2, -0.15) is 5.26 Å². The number of rotatable bonds is 4. The van der Waals surface area contributed by atoms with Crippen molar-refractivity contribution in [2.24, 2.45) is 0 Å². The first-order valence-electron chi connectivity index (χ1n) is 4.58. The maximum atomic E-state index is 10.9. The van der Waals surface area contributed by atoms with Crippen molar-refractivity contribution in [2.75, 3.05) is 25.9 Å². The molecule has 0 aromatic heterocycles. The van der Waals surface area contributed by atoms with Crippen LogP contribution in [0.1, 0.15) is 12.8 Å². The normalized spacial score (nSPS) is 23.6. The molecule has 80 valence electrons. The lowest BCUT2D eigenvalue weighted by Gasteiger charge is -2.13. The van der Waals surface area contributed by atoms with Crippen LogP contribution in [0.2, 0.25) is 0 Å². The van der Waals surface area contributed by atoms with E-state index in [-0.39, 0.29) is 6.04 Å². The van der Waals surface area contributed by atoms with E-state index in [1.165, 1.54) is 6.26 Å². The van der Waals surface area contributed by atoms with E-state index in [2.05, 4.69) is 15.7 Å². The summed E-state index contributed by atoms with van der Waals surface area (Å²) in [6.07, 6.45) is 2.51. The lowest BCUT2D eigenvalue weighted by atomic mass is 10.3. The zero-order chi connectivity index (χ0) is 10.6. The number of nitriles is 1. The van der Waals surface area contributed by atoms with E-state index in [1.54, 1.807) is 0 Å². The molecule has 0 aromatic rings. The average molecular weight is 217 g/mol. The number of hydrogen-bond donors (Lipinski definition) is 1. The minimum atomic E-state index is -3.09. The highest BCUT2D eigenvalue weighted by Crippen LogP contribution is 2.09. The van der Waals surface area contributed by atoms with Gasteiger partial charge in [0.05, 0.1) is 12.3 Å². The lowest BCUT2D eigenvalue weighted by Crippen LogP contribution is -2.36. The monoisotopic (exact) mass is 217 g/mol. The Kier molecular flexibility index (Phi) is 3.86. The average Bonchev–Trinajstić information content (AvgIpc) is 2.46. The summed E-state index contributed by atoms with van der Waals surface area (Å²) in [6, 6.07) is 2.09. The smallest absolute Gasteiger partial charge is 0.208 e. The second kappa shape index (κ2) is 4.73. The van der Waals surface area contributed by atoms with Gasteiger partial charge in [0.1, 0.15) is 0 Å². The van der Waals surface area contributed by atoms with Crippen LogP contribution >= 0.6 is 0 Å². The summed E-state index contributed by atoms with van der Waals surface area (Å²) in [6.45, 7) is 2.32. The van der Waals surface area contributed by atoms with Crippen molar-refractivity contribution in [1.29, 1.82) is 5.26 Å². The van der Waals surface area contributed by atoms with E-state index in [0.29, 0.717) is 6.42 Å². The van der Waals surface area contributed by atoms with Crippen molar-refractivity contribution in [3.8, 4) is 6.07 Å². The molecule has 0 spiro atoms. The van der Waals surface area contributed by atoms with Gasteiger partial charge in [0.2, 0.25) is 10.0 Å². The van der Waals surface area contributed by atoms with Gasteiger partial charge in [-0.15, -0.1) is 0 Å². The highest BCUT2D eigenvalue weighted by Gasteiger charge is 2.23. The minimum absolute atomic E-state index is 0.0173. The van der Waals surface area contributed by atoms with Gasteiger partial charge in [0.25, 0.3) is 0 Å². The van der Waals surface area contributed by atoms with E-state index in [1.807, 2.05) is 0 Å². The Balaban J connectivity index is 2.31. The third-order valence-electron chi connectivity index (χ3n) is 2.19. The van der Waals surface area contributed by atoms with Crippen molar-refractivity contribution in [3.05, 3.63) is 0 Å². The zero-order valence-corrected chi connectivity index (χ0v) is 9.05. The summed E-state index contributed by atoms with van der Waals surface area (Å²) >= 11 is 0. The molecule has 0 aliphatic carbocycles. The standard InChI is InChI=1S/C8H15N3O2S/c1-14(12,13)10-8-3-6-11(7-8)5-2-4-9/h8,10H,2-3,5-7H2,1H3. The fourth-order valence-corrected chi connectivity index (χ4v) is 2.44. The maximum Gasteiger partial charge on any atom is 0.208 e. The van der Waals surface area contributed by atoms with Crippen LogP contribution in [-0.4, -0.2) is 45.2 Å². The molecule has 14 heavy (non-hydrogen) atoms. The van der Waals surface area contributed by atoms with Crippen LogP contribution in [-0.2, 0) is 10.0 Å². The Hall–Kier alpha value is -0.640. The van der Waals surface area contributed by atoms with Gasteiger partial charge in [-0.3, -0.25) is 0 Å². The first-order chi connectivity index (χ1) is 6.51. The Morgan fingerprint density at radius 3 is 2.93 bits per heavy atom. The van der Waals surface area contributed by atoms with E-state index in [0.717, 1.165) is 26.1 Å². The van der Waals surface area contributed by atoms with Crippen LogP contribution in [0.25, 0.3) is 0 Å². The molecule has 1 unspecified atom stereocenters. The fourth-order valence-electron chi connectivity index (χ4n) is 1.64. The van der Waals surface area contributed by atoms with Crippen LogP contribution in [0.3, 0.4) is 0 Å². The third kappa shape index (κ3) is 4.05. The van der Waals surface area contributed by atoms with Crippen molar-refractivity contribution < 1.29 is 8.42 Å². The Morgan fingerprint density at radius 2 is 2.36 bits per heavy atom. The Morgan fingerprint density at radius 1 is 1.64 bits per heavy atom. The molecule has 1 rings (SSSR count). The topological polar surface area (TPSA) is 73.2 Å². The van der Waals surface area contributed by atoms with Crippen LogP contribution in [0.5, 0.6) is 0 Å². The largest absolute Gasteiger partial charge is 0.301 e. The minimum Gasteiger partial charge on any atom is -0.301 e. The van der Waals surface area contributed by atoms with Gasteiger partial charge in [-0.1, -0.05) is 0 Å². The molecule has 6 heteroatoms. The van der Waals surface area contributed by atoms with Crippen molar-refractivity contribution in [2.45, 2.75) is 18.9 Å². The third-order valence-corrected chi connectivity index (χ3v) is 2.95. The second-order valence-electron chi connectivity index (χ2n) is 3.58. The molecule has 5 nitrogen and oxygen atoms in total. The van der Waals surface area contributed by atoms with Crippen LogP contribution in [0.15, 0.2) is 0 Å². The van der Waals surface area contributed by atoms with Crippen LogP contribution in [0, 0.1) is 11.3 Å². The quantitative estimate of drug-likeness (QED) is 0.690. The summed E-state index contributed by atoms with van der Waals surface area (Å²) in [4.78, 5) is 2.10. The molecule has 0 bridgehead atoms. The first kappa shape index (κ1) is 11.4. The highest BCUT2D eigenvalue weighted by atomic mass is 32.2. The lowest BCUT2D eigenvalue weighted by molar-refractivity contribution is 0.340. The molecule has 0 amide bonds. The molecule has 0 radical (unpaired) electrons. The number of likely N-dealkylation sites (tertiary alicyclic amines) is 1. The van der Waals surface area contributed by atoms with E-state index >= 15 is 0 Å². The second-order valence-corrected chi connectivity index (χ2v) is 5.36. The number of nitrogens with one attached hydrogen (secondary N) is 1. The van der Waals surface area contributed by atoms with Gasteiger partial charge >= 0.3 is 0 Å². The number of nitrogens with zero attached hydrogens (tertiary/aromatic N) is 2. The van der Waals surface area contributed by atoms with Gasteiger partial charge in [-0.25, -0.2) is 13.1 Å². The van der Waals surface area contributed by atoms with Crippen molar-refractivity contribution in [3.63, 3.8) is 0 Å². The molecule has 1 atom stereocenters. The van der Waals surface area contributed by atoms with Crippen molar-refractivity contribution >= 4 is 10.0 Å². The van der Waals surface area contributed by atoms with Crippen LogP contribution in [0.4, 0.5) is 0 Å². The van der Waals surface area contributed by atoms with Gasteiger partial charge in [0, 0.05) is 25.6 Å². The van der Waals surface area contributed by atoms with Gasteiger partial charge < -0.3 is 4.90 Å². The molecular formula is C8H15N3O2S. The molecule has 1 aliphatic heterocycles.